The van der Waals surface area contributed by atoms with Crippen molar-refractivity contribution in [3.63, 3.8) is 0 Å². The van der Waals surface area contributed by atoms with Gasteiger partial charge in [0.1, 0.15) is 0 Å². The summed E-state index contributed by atoms with van der Waals surface area (Å²) in [6, 6.07) is 3.52. The highest BCUT2D eigenvalue weighted by molar-refractivity contribution is 9.10. The van der Waals surface area contributed by atoms with Crippen LogP contribution in [0.2, 0.25) is 0 Å². The minimum Gasteiger partial charge on any atom is -0.469 e. The Morgan fingerprint density at radius 1 is 1.43 bits per heavy atom. The van der Waals surface area contributed by atoms with Gasteiger partial charge in [-0.2, -0.15) is 0 Å². The summed E-state index contributed by atoms with van der Waals surface area (Å²) in [5, 5.41) is 0. The molecule has 21 heavy (non-hydrogen) atoms. The van der Waals surface area contributed by atoms with Crippen molar-refractivity contribution in [2.24, 2.45) is 5.92 Å². The molecular formula is C15H20BrNO4. The van der Waals surface area contributed by atoms with Crippen molar-refractivity contribution in [1.29, 1.82) is 0 Å². The lowest BCUT2D eigenvalue weighted by Gasteiger charge is -2.30. The lowest BCUT2D eigenvalue weighted by molar-refractivity contribution is -0.145. The van der Waals surface area contributed by atoms with Crippen LogP contribution in [0, 0.1) is 5.92 Å². The normalized spacial score (nSPS) is 16.7. The first-order chi connectivity index (χ1) is 10.0. The molecule has 2 rings (SSSR count). The topological polar surface area (TPSA) is 59.8 Å². The number of amides is 1. The fourth-order valence-electron chi connectivity index (χ4n) is 2.76. The fraction of sp³-hybridized carbons (Fsp3) is 0.600. The summed E-state index contributed by atoms with van der Waals surface area (Å²) in [5.41, 5.74) is 0. The Kier molecular flexibility index (Phi) is 5.45. The van der Waals surface area contributed by atoms with E-state index in [1.54, 1.807) is 24.0 Å². The molecule has 0 spiro atoms. The third-order valence-corrected chi connectivity index (χ3v) is 4.31. The number of hydrogen-bond donors (Lipinski definition) is 0. The number of halogens is 1. The minimum atomic E-state index is -0.349. The van der Waals surface area contributed by atoms with E-state index in [9.17, 15) is 9.59 Å². The summed E-state index contributed by atoms with van der Waals surface area (Å²) in [4.78, 5) is 26.0. The van der Waals surface area contributed by atoms with Gasteiger partial charge in [-0.1, -0.05) is 19.8 Å². The van der Waals surface area contributed by atoms with E-state index >= 15 is 0 Å². The zero-order chi connectivity index (χ0) is 15.4. The van der Waals surface area contributed by atoms with E-state index in [-0.39, 0.29) is 23.8 Å². The first-order valence-corrected chi connectivity index (χ1v) is 7.96. The molecule has 1 fully saturated rings. The predicted molar refractivity (Wildman–Crippen MR) is 80.9 cm³/mol. The maximum absolute atomic E-state index is 12.7. The quantitative estimate of drug-likeness (QED) is 0.759. The van der Waals surface area contributed by atoms with Gasteiger partial charge in [0.2, 0.25) is 0 Å². The molecule has 1 aliphatic rings. The highest BCUT2D eigenvalue weighted by Gasteiger charge is 2.31. The summed E-state index contributed by atoms with van der Waals surface area (Å²) in [5.74, 6) is -0.515. The van der Waals surface area contributed by atoms with Crippen LogP contribution in [0.3, 0.4) is 0 Å². The molecule has 1 heterocycles. The first kappa shape index (κ1) is 16.1. The molecule has 0 aliphatic heterocycles. The number of ether oxygens (including phenoxy) is 1. The molecule has 1 aromatic rings. The van der Waals surface area contributed by atoms with Crippen LogP contribution in [0.4, 0.5) is 0 Å². The van der Waals surface area contributed by atoms with E-state index in [4.69, 9.17) is 9.15 Å². The molecule has 1 aromatic heterocycles. The number of furan rings is 1. The lowest BCUT2D eigenvalue weighted by atomic mass is 10.1. The molecule has 0 radical (unpaired) electrons. The number of esters is 1. The van der Waals surface area contributed by atoms with Crippen molar-refractivity contribution in [2.75, 3.05) is 13.7 Å². The Morgan fingerprint density at radius 2 is 2.10 bits per heavy atom. The lowest BCUT2D eigenvalue weighted by Crippen LogP contribution is -2.43. The Labute approximate surface area is 132 Å². The van der Waals surface area contributed by atoms with Gasteiger partial charge in [0, 0.05) is 12.6 Å². The number of methoxy groups -OCH3 is 1. The van der Waals surface area contributed by atoms with E-state index in [1.165, 1.54) is 7.11 Å². The number of hydrogen-bond acceptors (Lipinski definition) is 4. The smallest absolute Gasteiger partial charge is 0.310 e. The zero-order valence-electron chi connectivity index (χ0n) is 12.3. The van der Waals surface area contributed by atoms with Crippen LogP contribution >= 0.6 is 15.9 Å². The molecular weight excluding hydrogens is 338 g/mol. The van der Waals surface area contributed by atoms with E-state index in [2.05, 4.69) is 15.9 Å². The van der Waals surface area contributed by atoms with E-state index in [1.807, 2.05) is 0 Å². The molecule has 1 atom stereocenters. The van der Waals surface area contributed by atoms with Gasteiger partial charge in [0.15, 0.2) is 10.4 Å². The highest BCUT2D eigenvalue weighted by atomic mass is 79.9. The fourth-order valence-corrected chi connectivity index (χ4v) is 3.06. The maximum Gasteiger partial charge on any atom is 0.310 e. The van der Waals surface area contributed by atoms with Crippen LogP contribution in [-0.4, -0.2) is 36.5 Å². The molecule has 0 N–H and O–H groups in total. The van der Waals surface area contributed by atoms with Crippen LogP contribution in [0.1, 0.15) is 43.2 Å². The number of carbonyl (C=O) groups is 2. The Balaban J connectivity index is 2.15. The Bertz CT molecular complexity index is 508. The van der Waals surface area contributed by atoms with Crippen molar-refractivity contribution in [2.45, 2.75) is 38.6 Å². The van der Waals surface area contributed by atoms with Gasteiger partial charge in [-0.05, 0) is 40.9 Å². The average Bonchev–Trinajstić information content (AvgIpc) is 3.14. The predicted octanol–water partition coefficient (Wildman–Crippen LogP) is 3.24. The molecule has 6 heteroatoms. The van der Waals surface area contributed by atoms with Crippen LogP contribution < -0.4 is 0 Å². The minimum absolute atomic E-state index is 0.164. The van der Waals surface area contributed by atoms with Gasteiger partial charge >= 0.3 is 5.97 Å². The molecule has 5 nitrogen and oxygen atoms in total. The van der Waals surface area contributed by atoms with Gasteiger partial charge in [-0.3, -0.25) is 9.59 Å². The molecule has 0 saturated heterocycles. The van der Waals surface area contributed by atoms with E-state index < -0.39 is 0 Å². The van der Waals surface area contributed by atoms with Crippen LogP contribution in [0.15, 0.2) is 21.2 Å². The summed E-state index contributed by atoms with van der Waals surface area (Å²) in [7, 11) is 1.37. The van der Waals surface area contributed by atoms with Gasteiger partial charge in [-0.25, -0.2) is 0 Å². The third-order valence-electron chi connectivity index (χ3n) is 3.88. The molecule has 116 valence electrons. The molecule has 0 bridgehead atoms. The van der Waals surface area contributed by atoms with Gasteiger partial charge in [0.25, 0.3) is 5.91 Å². The molecule has 1 unspecified atom stereocenters. The maximum atomic E-state index is 12.7. The van der Waals surface area contributed by atoms with E-state index in [0.29, 0.717) is 17.0 Å². The Hall–Kier alpha value is -1.30. The summed E-state index contributed by atoms with van der Waals surface area (Å²) in [6.45, 7) is 2.13. The second-order valence-corrected chi connectivity index (χ2v) is 6.21. The summed E-state index contributed by atoms with van der Waals surface area (Å²) in [6.07, 6.45) is 4.18. The number of nitrogens with zero attached hydrogens (tertiary/aromatic N) is 1. The van der Waals surface area contributed by atoms with Gasteiger partial charge < -0.3 is 14.1 Å². The van der Waals surface area contributed by atoms with Gasteiger partial charge in [-0.15, -0.1) is 0 Å². The first-order valence-electron chi connectivity index (χ1n) is 7.17. The van der Waals surface area contributed by atoms with Crippen LogP contribution in [0.25, 0.3) is 0 Å². The third kappa shape index (κ3) is 3.87. The molecule has 0 aromatic carbocycles. The van der Waals surface area contributed by atoms with E-state index in [0.717, 1.165) is 25.7 Å². The number of rotatable bonds is 5. The zero-order valence-corrected chi connectivity index (χ0v) is 13.9. The second-order valence-electron chi connectivity index (χ2n) is 5.42. The molecule has 1 amide bonds. The second kappa shape index (κ2) is 7.11. The van der Waals surface area contributed by atoms with Crippen LogP contribution in [-0.2, 0) is 9.53 Å². The average molecular weight is 358 g/mol. The summed E-state index contributed by atoms with van der Waals surface area (Å²) < 4.78 is 10.6. The van der Waals surface area contributed by atoms with Crippen molar-refractivity contribution < 1.29 is 18.7 Å². The van der Waals surface area contributed by atoms with Crippen molar-refractivity contribution in [3.8, 4) is 0 Å². The summed E-state index contributed by atoms with van der Waals surface area (Å²) >= 11 is 3.21. The molecule has 1 aliphatic carbocycles. The van der Waals surface area contributed by atoms with Gasteiger partial charge in [0.05, 0.1) is 13.0 Å². The number of carbonyl (C=O) groups excluding carboxylic acids is 2. The van der Waals surface area contributed by atoms with Crippen molar-refractivity contribution >= 4 is 27.8 Å². The van der Waals surface area contributed by atoms with Crippen molar-refractivity contribution in [1.82, 2.24) is 4.90 Å². The molecule has 1 saturated carbocycles. The standard InChI is InChI=1S/C15H20BrNO4/c1-10(15(19)20-2)9-17(11-5-3-4-6-11)14(18)12-7-8-13(16)21-12/h7-8,10-11H,3-6,9H2,1-2H3. The Morgan fingerprint density at radius 3 is 2.62 bits per heavy atom. The largest absolute Gasteiger partial charge is 0.469 e. The monoisotopic (exact) mass is 357 g/mol. The SMILES string of the molecule is COC(=O)C(C)CN(C(=O)c1ccc(Br)o1)C1CCCC1. The van der Waals surface area contributed by atoms with Crippen LogP contribution in [0.5, 0.6) is 0 Å². The highest BCUT2D eigenvalue weighted by Crippen LogP contribution is 2.27. The van der Waals surface area contributed by atoms with Crippen molar-refractivity contribution in [3.05, 3.63) is 22.6 Å².